The number of nitrogens with zero attached hydrogens (tertiary/aromatic N) is 3. The number of amides is 2. The Hall–Kier alpha value is -3.00. The fourth-order valence-corrected chi connectivity index (χ4v) is 3.18. The predicted molar refractivity (Wildman–Crippen MR) is 105 cm³/mol. The number of carbonyl (C=O) groups excluding carboxylic acids is 2. The monoisotopic (exact) mass is 384 g/mol. The molecule has 1 aliphatic heterocycles. The smallest absolute Gasteiger partial charge is 0.251 e. The van der Waals surface area contributed by atoms with Crippen molar-refractivity contribution >= 4 is 34.8 Å². The first-order chi connectivity index (χ1) is 13.0. The van der Waals surface area contributed by atoms with Gasteiger partial charge in [0.15, 0.2) is 5.11 Å². The van der Waals surface area contributed by atoms with Crippen molar-refractivity contribution in [1.82, 2.24) is 14.8 Å². The van der Waals surface area contributed by atoms with Gasteiger partial charge in [0.05, 0.1) is 13.5 Å². The van der Waals surface area contributed by atoms with E-state index in [1.807, 2.05) is 12.1 Å². The highest BCUT2D eigenvalue weighted by Crippen LogP contribution is 2.23. The Labute approximate surface area is 162 Å². The van der Waals surface area contributed by atoms with Crippen molar-refractivity contribution in [1.29, 1.82) is 0 Å². The molecule has 1 saturated heterocycles. The summed E-state index contributed by atoms with van der Waals surface area (Å²) in [6.45, 7) is 0.442. The molecule has 0 radical (unpaired) electrons. The molecule has 2 amide bonds. The molecule has 0 spiro atoms. The minimum Gasteiger partial charge on any atom is -0.497 e. The van der Waals surface area contributed by atoms with Crippen molar-refractivity contribution in [2.24, 2.45) is 0 Å². The van der Waals surface area contributed by atoms with Crippen LogP contribution in [0.2, 0.25) is 0 Å². The zero-order valence-electron chi connectivity index (χ0n) is 15.1. The molecule has 1 atom stereocenters. The molecule has 27 heavy (non-hydrogen) atoms. The third-order valence-electron chi connectivity index (χ3n) is 4.38. The summed E-state index contributed by atoms with van der Waals surface area (Å²) in [6, 6.07) is 10.1. The summed E-state index contributed by atoms with van der Waals surface area (Å²) in [5, 5.41) is 3.23. The van der Waals surface area contributed by atoms with Gasteiger partial charge in [0, 0.05) is 31.7 Å². The molecule has 7 nitrogen and oxygen atoms in total. The topological polar surface area (TPSA) is 74.8 Å². The SMILES string of the molecule is COc1ccc(NC(=O)C[C@H]2C(=O)N(C)C(=S)N2Cc2ccncc2)cc1. The van der Waals surface area contributed by atoms with E-state index < -0.39 is 6.04 Å². The van der Waals surface area contributed by atoms with Crippen LogP contribution < -0.4 is 10.1 Å². The third-order valence-corrected chi connectivity index (χ3v) is 4.89. The van der Waals surface area contributed by atoms with Crippen molar-refractivity contribution < 1.29 is 14.3 Å². The molecule has 2 heterocycles. The summed E-state index contributed by atoms with van der Waals surface area (Å²) in [6.07, 6.45) is 3.39. The molecule has 2 aromatic rings. The van der Waals surface area contributed by atoms with Crippen LogP contribution in [0.15, 0.2) is 48.8 Å². The van der Waals surface area contributed by atoms with Gasteiger partial charge in [0.1, 0.15) is 11.8 Å². The Morgan fingerprint density at radius 1 is 1.22 bits per heavy atom. The Morgan fingerprint density at radius 3 is 2.52 bits per heavy atom. The number of nitrogens with one attached hydrogen (secondary N) is 1. The zero-order chi connectivity index (χ0) is 19.4. The lowest BCUT2D eigenvalue weighted by Gasteiger charge is -2.23. The van der Waals surface area contributed by atoms with Crippen molar-refractivity contribution in [3.05, 3.63) is 54.4 Å². The second-order valence-electron chi connectivity index (χ2n) is 6.16. The maximum absolute atomic E-state index is 12.6. The number of carbonyl (C=O) groups is 2. The number of aromatic nitrogens is 1. The van der Waals surface area contributed by atoms with Crippen LogP contribution in [0.3, 0.4) is 0 Å². The number of thiocarbonyl (C=S) groups is 1. The molecule has 0 saturated carbocycles. The average Bonchev–Trinajstić information content (AvgIpc) is 2.88. The van der Waals surface area contributed by atoms with Gasteiger partial charge in [-0.3, -0.25) is 19.5 Å². The van der Waals surface area contributed by atoms with Gasteiger partial charge in [-0.1, -0.05) is 0 Å². The van der Waals surface area contributed by atoms with Gasteiger partial charge in [-0.2, -0.15) is 0 Å². The number of rotatable bonds is 6. The quantitative estimate of drug-likeness (QED) is 0.769. The molecule has 0 aliphatic carbocycles. The van der Waals surface area contributed by atoms with Gasteiger partial charge in [-0.05, 0) is 54.2 Å². The minimum absolute atomic E-state index is 0.0143. The van der Waals surface area contributed by atoms with Gasteiger partial charge in [-0.15, -0.1) is 0 Å². The highest BCUT2D eigenvalue weighted by atomic mass is 32.1. The average molecular weight is 384 g/mol. The Bertz CT molecular complexity index is 842. The maximum Gasteiger partial charge on any atom is 0.251 e. The second-order valence-corrected chi connectivity index (χ2v) is 6.52. The summed E-state index contributed by atoms with van der Waals surface area (Å²) < 4.78 is 5.10. The van der Waals surface area contributed by atoms with E-state index in [9.17, 15) is 9.59 Å². The van der Waals surface area contributed by atoms with Crippen molar-refractivity contribution in [2.75, 3.05) is 19.5 Å². The lowest BCUT2D eigenvalue weighted by Crippen LogP contribution is -2.37. The van der Waals surface area contributed by atoms with Crippen LogP contribution in [-0.4, -0.2) is 51.9 Å². The van der Waals surface area contributed by atoms with Crippen LogP contribution in [0.25, 0.3) is 0 Å². The summed E-state index contributed by atoms with van der Waals surface area (Å²) in [4.78, 5) is 32.3. The Morgan fingerprint density at radius 2 is 1.89 bits per heavy atom. The predicted octanol–water partition coefficient (Wildman–Crippen LogP) is 2.05. The van der Waals surface area contributed by atoms with Gasteiger partial charge in [-0.25, -0.2) is 0 Å². The molecule has 1 N–H and O–H groups in total. The fourth-order valence-electron chi connectivity index (χ4n) is 2.90. The largest absolute Gasteiger partial charge is 0.497 e. The van der Waals surface area contributed by atoms with E-state index in [0.717, 1.165) is 5.56 Å². The molecule has 1 aliphatic rings. The number of methoxy groups -OCH3 is 1. The lowest BCUT2D eigenvalue weighted by molar-refractivity contribution is -0.130. The van der Waals surface area contributed by atoms with Crippen LogP contribution >= 0.6 is 12.2 Å². The molecule has 3 rings (SSSR count). The van der Waals surface area contributed by atoms with E-state index in [-0.39, 0.29) is 18.2 Å². The first-order valence-electron chi connectivity index (χ1n) is 8.40. The first kappa shape index (κ1) is 18.8. The normalized spacial score (nSPS) is 16.6. The zero-order valence-corrected chi connectivity index (χ0v) is 15.9. The molecule has 1 fully saturated rings. The second kappa shape index (κ2) is 8.13. The highest BCUT2D eigenvalue weighted by molar-refractivity contribution is 7.80. The number of anilines is 1. The molecular formula is C19H20N4O3S. The number of hydrogen-bond donors (Lipinski definition) is 1. The van der Waals surface area contributed by atoms with Crippen LogP contribution in [0.4, 0.5) is 5.69 Å². The van der Waals surface area contributed by atoms with Crippen LogP contribution in [0.1, 0.15) is 12.0 Å². The number of benzene rings is 1. The molecule has 0 bridgehead atoms. The Balaban J connectivity index is 1.70. The lowest BCUT2D eigenvalue weighted by atomic mass is 10.1. The molecular weight excluding hydrogens is 364 g/mol. The van der Waals surface area contributed by atoms with Gasteiger partial charge >= 0.3 is 0 Å². The van der Waals surface area contributed by atoms with E-state index in [4.69, 9.17) is 17.0 Å². The molecule has 8 heteroatoms. The summed E-state index contributed by atoms with van der Waals surface area (Å²) in [5.74, 6) is 0.268. The van der Waals surface area contributed by atoms with E-state index in [0.29, 0.717) is 23.1 Å². The van der Waals surface area contributed by atoms with Gasteiger partial charge in [0.25, 0.3) is 5.91 Å². The van der Waals surface area contributed by atoms with Crippen LogP contribution in [0, 0.1) is 0 Å². The molecule has 1 aromatic carbocycles. The molecule has 0 unspecified atom stereocenters. The van der Waals surface area contributed by atoms with Crippen molar-refractivity contribution in [2.45, 2.75) is 19.0 Å². The number of pyridine rings is 1. The molecule has 140 valence electrons. The summed E-state index contributed by atoms with van der Waals surface area (Å²) in [5.41, 5.74) is 1.61. The Kier molecular flexibility index (Phi) is 5.66. The molecule has 1 aromatic heterocycles. The summed E-state index contributed by atoms with van der Waals surface area (Å²) >= 11 is 5.40. The number of likely N-dealkylation sites (N-methyl/N-ethyl adjacent to an activating group) is 1. The van der Waals surface area contributed by atoms with Crippen LogP contribution in [0.5, 0.6) is 5.75 Å². The van der Waals surface area contributed by atoms with Crippen molar-refractivity contribution in [3.63, 3.8) is 0 Å². The van der Waals surface area contributed by atoms with Crippen molar-refractivity contribution in [3.8, 4) is 5.75 Å². The van der Waals surface area contributed by atoms with E-state index >= 15 is 0 Å². The van der Waals surface area contributed by atoms with Gasteiger partial charge in [0.2, 0.25) is 5.91 Å². The van der Waals surface area contributed by atoms with Crippen LogP contribution in [-0.2, 0) is 16.1 Å². The third kappa shape index (κ3) is 4.22. The maximum atomic E-state index is 12.6. The standard InChI is InChI=1S/C19H20N4O3S/c1-22-18(25)16(23(19(22)27)12-13-7-9-20-10-8-13)11-17(24)21-14-3-5-15(26-2)6-4-14/h3-10,16H,11-12H2,1-2H3,(H,21,24)/t16-/m0/s1. The summed E-state index contributed by atoms with van der Waals surface area (Å²) in [7, 11) is 3.21. The van der Waals surface area contributed by atoms with E-state index in [1.165, 1.54) is 4.90 Å². The van der Waals surface area contributed by atoms with E-state index in [1.54, 1.807) is 55.7 Å². The highest BCUT2D eigenvalue weighted by Gasteiger charge is 2.41. The number of hydrogen-bond acceptors (Lipinski definition) is 5. The number of ether oxygens (including phenoxy) is 1. The first-order valence-corrected chi connectivity index (χ1v) is 8.81. The minimum atomic E-state index is -0.631. The fraction of sp³-hybridized carbons (Fsp3) is 0.263. The van der Waals surface area contributed by atoms with E-state index in [2.05, 4.69) is 10.3 Å². The van der Waals surface area contributed by atoms with Gasteiger partial charge < -0.3 is 15.0 Å².